The third-order valence-corrected chi connectivity index (χ3v) is 5.38. The van der Waals surface area contributed by atoms with Crippen molar-refractivity contribution in [2.24, 2.45) is 5.92 Å². The van der Waals surface area contributed by atoms with Crippen molar-refractivity contribution in [3.05, 3.63) is 46.5 Å². The minimum Gasteiger partial charge on any atom is -0.450 e. The Labute approximate surface area is 165 Å². The fraction of sp³-hybridized carbons (Fsp3) is 0.421. The molecule has 0 unspecified atom stereocenters. The lowest BCUT2D eigenvalue weighted by atomic mass is 9.97. The van der Waals surface area contributed by atoms with Crippen LogP contribution in [0.5, 0.6) is 0 Å². The number of carbonyl (C=O) groups excluding carboxylic acids is 2. The highest BCUT2D eigenvalue weighted by Gasteiger charge is 2.29. The molecule has 1 aromatic heterocycles. The number of thiazole rings is 1. The van der Waals surface area contributed by atoms with Crippen molar-refractivity contribution in [3.8, 4) is 0 Å². The number of piperidine rings is 1. The van der Waals surface area contributed by atoms with Crippen LogP contribution in [0.3, 0.4) is 0 Å². The molecule has 6 nitrogen and oxygen atoms in total. The van der Waals surface area contributed by atoms with Gasteiger partial charge in [0, 0.05) is 30.6 Å². The molecule has 0 spiro atoms. The maximum absolute atomic E-state index is 13.3. The molecule has 1 aliphatic heterocycles. The standard InChI is InChI=1S/C19H21F2N3O3S/c1-2-27-19(26)24-7-3-4-13(11-24)17(25)23-18-22-10-14(28-18)8-12-5-6-15(20)16(21)9-12/h5-6,9-10,13H,2-4,7-8,11H2,1H3,(H,22,23,25)/t13-/m0/s1. The average molecular weight is 409 g/mol. The van der Waals surface area contributed by atoms with Crippen LogP contribution in [0.25, 0.3) is 0 Å². The van der Waals surface area contributed by atoms with Crippen molar-refractivity contribution in [2.75, 3.05) is 25.0 Å². The summed E-state index contributed by atoms with van der Waals surface area (Å²) in [5.74, 6) is -2.29. The molecule has 3 rings (SSSR count). The second-order valence-electron chi connectivity index (χ2n) is 6.53. The number of carbonyl (C=O) groups is 2. The molecule has 0 radical (unpaired) electrons. The molecule has 1 aliphatic rings. The van der Waals surface area contributed by atoms with Gasteiger partial charge in [-0.1, -0.05) is 6.07 Å². The number of anilines is 1. The Morgan fingerprint density at radius 2 is 2.18 bits per heavy atom. The molecule has 1 saturated heterocycles. The van der Waals surface area contributed by atoms with Gasteiger partial charge in [0.15, 0.2) is 16.8 Å². The van der Waals surface area contributed by atoms with Crippen LogP contribution in [-0.4, -0.2) is 41.6 Å². The minimum absolute atomic E-state index is 0.192. The predicted octanol–water partition coefficient (Wildman–Crippen LogP) is 3.82. The SMILES string of the molecule is CCOC(=O)N1CCC[C@H](C(=O)Nc2ncc(Cc3ccc(F)c(F)c3)s2)C1. The molecule has 1 atom stereocenters. The van der Waals surface area contributed by atoms with E-state index in [-0.39, 0.29) is 11.8 Å². The normalized spacial score (nSPS) is 16.7. The lowest BCUT2D eigenvalue weighted by molar-refractivity contribution is -0.121. The van der Waals surface area contributed by atoms with Crippen LogP contribution in [0.15, 0.2) is 24.4 Å². The second-order valence-corrected chi connectivity index (χ2v) is 7.65. The summed E-state index contributed by atoms with van der Waals surface area (Å²) in [5, 5.41) is 3.23. The van der Waals surface area contributed by atoms with Crippen LogP contribution in [0.4, 0.5) is 18.7 Å². The molecule has 1 fully saturated rings. The number of aromatic nitrogens is 1. The van der Waals surface area contributed by atoms with Crippen LogP contribution in [0.1, 0.15) is 30.2 Å². The Balaban J connectivity index is 1.57. The van der Waals surface area contributed by atoms with Gasteiger partial charge >= 0.3 is 6.09 Å². The first-order chi connectivity index (χ1) is 13.5. The second kappa shape index (κ2) is 9.09. The van der Waals surface area contributed by atoms with E-state index < -0.39 is 17.7 Å². The van der Waals surface area contributed by atoms with Gasteiger partial charge < -0.3 is 15.0 Å². The van der Waals surface area contributed by atoms with Gasteiger partial charge in [0.05, 0.1) is 12.5 Å². The topological polar surface area (TPSA) is 71.5 Å². The zero-order chi connectivity index (χ0) is 20.1. The Morgan fingerprint density at radius 3 is 2.93 bits per heavy atom. The number of benzene rings is 1. The zero-order valence-electron chi connectivity index (χ0n) is 15.4. The Hall–Kier alpha value is -2.55. The van der Waals surface area contributed by atoms with Crippen molar-refractivity contribution in [1.82, 2.24) is 9.88 Å². The van der Waals surface area contributed by atoms with E-state index in [4.69, 9.17) is 4.74 Å². The summed E-state index contributed by atoms with van der Waals surface area (Å²) in [4.78, 5) is 30.9. The van der Waals surface area contributed by atoms with Gasteiger partial charge in [0.25, 0.3) is 0 Å². The summed E-state index contributed by atoms with van der Waals surface area (Å²) in [5.41, 5.74) is 0.623. The molecule has 0 bridgehead atoms. The van der Waals surface area contributed by atoms with Gasteiger partial charge in [-0.2, -0.15) is 0 Å². The number of amides is 2. The molecular weight excluding hydrogens is 388 g/mol. The number of nitrogens with one attached hydrogen (secondary N) is 1. The first-order valence-electron chi connectivity index (χ1n) is 9.07. The Bertz CT molecular complexity index is 859. The van der Waals surface area contributed by atoms with Gasteiger partial charge in [-0.25, -0.2) is 18.6 Å². The van der Waals surface area contributed by atoms with E-state index in [1.165, 1.54) is 17.4 Å². The van der Waals surface area contributed by atoms with Crippen molar-refractivity contribution < 1.29 is 23.1 Å². The van der Waals surface area contributed by atoms with E-state index in [1.807, 2.05) is 0 Å². The third kappa shape index (κ3) is 5.03. The number of rotatable bonds is 5. The molecule has 1 N–H and O–H groups in total. The van der Waals surface area contributed by atoms with E-state index in [0.717, 1.165) is 23.4 Å². The van der Waals surface area contributed by atoms with Gasteiger partial charge in [0.2, 0.25) is 5.91 Å². The van der Waals surface area contributed by atoms with E-state index in [2.05, 4.69) is 10.3 Å². The lowest BCUT2D eigenvalue weighted by Crippen LogP contribution is -2.44. The monoisotopic (exact) mass is 409 g/mol. The van der Waals surface area contributed by atoms with Crippen molar-refractivity contribution in [2.45, 2.75) is 26.2 Å². The van der Waals surface area contributed by atoms with Gasteiger partial charge in [-0.15, -0.1) is 11.3 Å². The molecule has 0 saturated carbocycles. The first kappa shape index (κ1) is 20.2. The fourth-order valence-electron chi connectivity index (χ4n) is 3.08. The lowest BCUT2D eigenvalue weighted by Gasteiger charge is -2.30. The van der Waals surface area contributed by atoms with Crippen LogP contribution >= 0.6 is 11.3 Å². The summed E-state index contributed by atoms with van der Waals surface area (Å²) in [7, 11) is 0. The fourth-order valence-corrected chi connectivity index (χ4v) is 3.93. The molecular formula is C19H21F2N3O3S. The summed E-state index contributed by atoms with van der Waals surface area (Å²) in [6, 6.07) is 3.76. The highest BCUT2D eigenvalue weighted by Crippen LogP contribution is 2.24. The first-order valence-corrected chi connectivity index (χ1v) is 9.89. The number of halogens is 2. The van der Waals surface area contributed by atoms with Crippen molar-refractivity contribution in [1.29, 1.82) is 0 Å². The van der Waals surface area contributed by atoms with Crippen LogP contribution < -0.4 is 5.32 Å². The van der Waals surface area contributed by atoms with Gasteiger partial charge in [-0.05, 0) is 37.5 Å². The molecule has 28 heavy (non-hydrogen) atoms. The van der Waals surface area contributed by atoms with Gasteiger partial charge in [0.1, 0.15) is 0 Å². The molecule has 9 heteroatoms. The Kier molecular flexibility index (Phi) is 6.56. The molecule has 0 aliphatic carbocycles. The van der Waals surface area contributed by atoms with E-state index in [0.29, 0.717) is 43.2 Å². The number of hydrogen-bond acceptors (Lipinski definition) is 5. The van der Waals surface area contributed by atoms with Crippen LogP contribution in [0, 0.1) is 17.6 Å². The maximum atomic E-state index is 13.3. The van der Waals surface area contributed by atoms with Crippen LogP contribution in [0.2, 0.25) is 0 Å². The number of ether oxygens (including phenoxy) is 1. The largest absolute Gasteiger partial charge is 0.450 e. The number of nitrogens with zero attached hydrogens (tertiary/aromatic N) is 2. The molecule has 2 heterocycles. The summed E-state index contributed by atoms with van der Waals surface area (Å²) >= 11 is 1.28. The quantitative estimate of drug-likeness (QED) is 0.815. The zero-order valence-corrected chi connectivity index (χ0v) is 16.2. The molecule has 1 aromatic carbocycles. The smallest absolute Gasteiger partial charge is 0.409 e. The van der Waals surface area contributed by atoms with Crippen molar-refractivity contribution in [3.63, 3.8) is 0 Å². The highest BCUT2D eigenvalue weighted by molar-refractivity contribution is 7.15. The minimum atomic E-state index is -0.890. The average Bonchev–Trinajstić information content (AvgIpc) is 3.12. The Morgan fingerprint density at radius 1 is 1.36 bits per heavy atom. The predicted molar refractivity (Wildman–Crippen MR) is 101 cm³/mol. The van der Waals surface area contributed by atoms with E-state index >= 15 is 0 Å². The number of likely N-dealkylation sites (tertiary alicyclic amines) is 1. The van der Waals surface area contributed by atoms with Crippen molar-refractivity contribution >= 4 is 28.5 Å². The maximum Gasteiger partial charge on any atom is 0.409 e. The highest BCUT2D eigenvalue weighted by atomic mass is 32.1. The van der Waals surface area contributed by atoms with E-state index in [9.17, 15) is 18.4 Å². The molecule has 150 valence electrons. The molecule has 2 amide bonds. The molecule has 2 aromatic rings. The summed E-state index contributed by atoms with van der Waals surface area (Å²) < 4.78 is 31.3. The summed E-state index contributed by atoms with van der Waals surface area (Å²) in [6.07, 6.45) is 3.02. The van der Waals surface area contributed by atoms with Gasteiger partial charge in [-0.3, -0.25) is 4.79 Å². The summed E-state index contributed by atoms with van der Waals surface area (Å²) in [6.45, 7) is 2.94. The third-order valence-electron chi connectivity index (χ3n) is 4.46. The van der Waals surface area contributed by atoms with E-state index in [1.54, 1.807) is 18.0 Å². The van der Waals surface area contributed by atoms with Crippen LogP contribution in [-0.2, 0) is 16.0 Å². The number of hydrogen-bond donors (Lipinski definition) is 1.